The molecule has 2 aromatic heterocycles. The van der Waals surface area contributed by atoms with Gasteiger partial charge in [0.25, 0.3) is 0 Å². The first-order chi connectivity index (χ1) is 8.77. The molecule has 0 fully saturated rings. The molecule has 0 amide bonds. The number of hydrogen-bond donors (Lipinski definition) is 2. The van der Waals surface area contributed by atoms with Gasteiger partial charge >= 0.3 is 0 Å². The van der Waals surface area contributed by atoms with E-state index >= 15 is 0 Å². The molecule has 1 aromatic carbocycles. The van der Waals surface area contributed by atoms with Gasteiger partial charge in [-0.3, -0.25) is 0 Å². The summed E-state index contributed by atoms with van der Waals surface area (Å²) in [6.07, 6.45) is 0. The Hall–Kier alpha value is -1.78. The highest BCUT2D eigenvalue weighted by atomic mass is 32.1. The van der Waals surface area contributed by atoms with Gasteiger partial charge in [0.05, 0.1) is 11.4 Å². The largest absolute Gasteiger partial charge is 0.397 e. The molecule has 4 heteroatoms. The van der Waals surface area contributed by atoms with Crippen molar-refractivity contribution in [3.63, 3.8) is 0 Å². The van der Waals surface area contributed by atoms with Crippen molar-refractivity contribution >= 4 is 34.0 Å². The van der Waals surface area contributed by atoms with Crippen LogP contribution < -0.4 is 11.5 Å². The molecule has 3 aromatic rings. The molecule has 2 heterocycles. The second kappa shape index (κ2) is 4.48. The minimum atomic E-state index is 0.638. The summed E-state index contributed by atoms with van der Waals surface area (Å²) >= 11 is 3.39. The molecule has 90 valence electrons. The van der Waals surface area contributed by atoms with Crippen LogP contribution in [0.25, 0.3) is 20.9 Å². The molecule has 0 saturated heterocycles. The highest BCUT2D eigenvalue weighted by Gasteiger charge is 2.14. The predicted octanol–water partition coefficient (Wildman–Crippen LogP) is 4.31. The third-order valence-corrected chi connectivity index (χ3v) is 4.62. The van der Waals surface area contributed by atoms with Gasteiger partial charge in [-0.25, -0.2) is 0 Å². The van der Waals surface area contributed by atoms with E-state index in [4.69, 9.17) is 11.5 Å². The van der Waals surface area contributed by atoms with Gasteiger partial charge in [-0.2, -0.15) is 0 Å². The van der Waals surface area contributed by atoms with Crippen LogP contribution in [-0.2, 0) is 0 Å². The summed E-state index contributed by atoms with van der Waals surface area (Å²) in [5.41, 5.74) is 15.6. The number of hydrogen-bond acceptors (Lipinski definition) is 4. The summed E-state index contributed by atoms with van der Waals surface area (Å²) in [5.74, 6) is 0. The van der Waals surface area contributed by atoms with Crippen LogP contribution in [0.1, 0.15) is 0 Å². The number of thiophene rings is 2. The summed E-state index contributed by atoms with van der Waals surface area (Å²) in [4.78, 5) is 2.37. The van der Waals surface area contributed by atoms with E-state index in [1.807, 2.05) is 24.3 Å². The smallest absolute Gasteiger partial charge is 0.0642 e. The quantitative estimate of drug-likeness (QED) is 0.683. The first kappa shape index (κ1) is 11.3. The number of anilines is 2. The highest BCUT2D eigenvalue weighted by molar-refractivity contribution is 7.14. The van der Waals surface area contributed by atoms with Gasteiger partial charge < -0.3 is 11.5 Å². The maximum absolute atomic E-state index is 6.17. The summed E-state index contributed by atoms with van der Waals surface area (Å²) in [6, 6.07) is 12.2. The van der Waals surface area contributed by atoms with Gasteiger partial charge in [-0.1, -0.05) is 18.2 Å². The molecular weight excluding hydrogens is 260 g/mol. The van der Waals surface area contributed by atoms with Crippen LogP contribution in [0.15, 0.2) is 47.2 Å². The lowest BCUT2D eigenvalue weighted by Gasteiger charge is -2.12. The zero-order valence-corrected chi connectivity index (χ0v) is 11.2. The molecule has 0 saturated carbocycles. The van der Waals surface area contributed by atoms with Gasteiger partial charge in [0.2, 0.25) is 0 Å². The second-order valence-electron chi connectivity index (χ2n) is 3.95. The van der Waals surface area contributed by atoms with E-state index in [9.17, 15) is 0 Å². The van der Waals surface area contributed by atoms with Crippen LogP contribution in [0.5, 0.6) is 0 Å². The topological polar surface area (TPSA) is 52.0 Å². The molecule has 3 rings (SSSR count). The minimum absolute atomic E-state index is 0.638. The third kappa shape index (κ3) is 1.79. The molecular formula is C14H12N2S2. The van der Waals surface area contributed by atoms with Crippen molar-refractivity contribution < 1.29 is 0 Å². The average molecular weight is 272 g/mol. The molecule has 0 unspecified atom stereocenters. The lowest BCUT2D eigenvalue weighted by molar-refractivity contribution is 1.65. The number of benzene rings is 1. The van der Waals surface area contributed by atoms with Gasteiger partial charge in [0.15, 0.2) is 0 Å². The third-order valence-electron chi connectivity index (χ3n) is 2.83. The lowest BCUT2D eigenvalue weighted by Crippen LogP contribution is -1.98. The molecule has 4 N–H and O–H groups in total. The molecule has 0 aliphatic heterocycles. The Kier molecular flexibility index (Phi) is 2.81. The van der Waals surface area contributed by atoms with E-state index in [0.717, 1.165) is 16.0 Å². The van der Waals surface area contributed by atoms with Gasteiger partial charge in [-0.15, -0.1) is 22.7 Å². The van der Waals surface area contributed by atoms with Crippen LogP contribution in [0.2, 0.25) is 0 Å². The minimum Gasteiger partial charge on any atom is -0.397 e. The van der Waals surface area contributed by atoms with E-state index < -0.39 is 0 Å². The average Bonchev–Trinajstić information content (AvgIpc) is 3.03. The molecule has 18 heavy (non-hydrogen) atoms. The monoisotopic (exact) mass is 272 g/mol. The van der Waals surface area contributed by atoms with Crippen molar-refractivity contribution in [2.75, 3.05) is 11.5 Å². The first-order valence-electron chi connectivity index (χ1n) is 5.53. The molecule has 0 aliphatic rings. The van der Waals surface area contributed by atoms with Crippen LogP contribution in [-0.4, -0.2) is 0 Å². The van der Waals surface area contributed by atoms with Gasteiger partial charge in [0.1, 0.15) is 0 Å². The van der Waals surface area contributed by atoms with Gasteiger partial charge in [0, 0.05) is 20.9 Å². The molecule has 0 aliphatic carbocycles. The Morgan fingerprint density at radius 3 is 2.06 bits per heavy atom. The Balaban J connectivity index is 2.30. The number of nitrogens with two attached hydrogens (primary N) is 2. The van der Waals surface area contributed by atoms with Crippen molar-refractivity contribution in [2.24, 2.45) is 0 Å². The van der Waals surface area contributed by atoms with E-state index in [0.29, 0.717) is 11.4 Å². The van der Waals surface area contributed by atoms with Crippen molar-refractivity contribution in [3.05, 3.63) is 47.2 Å². The van der Waals surface area contributed by atoms with Crippen molar-refractivity contribution in [1.82, 2.24) is 0 Å². The van der Waals surface area contributed by atoms with E-state index in [-0.39, 0.29) is 0 Å². The summed E-state index contributed by atoms with van der Waals surface area (Å²) in [6.45, 7) is 0. The van der Waals surface area contributed by atoms with Crippen molar-refractivity contribution in [1.29, 1.82) is 0 Å². The van der Waals surface area contributed by atoms with Crippen LogP contribution in [0.3, 0.4) is 0 Å². The summed E-state index contributed by atoms with van der Waals surface area (Å²) in [7, 11) is 0. The number of nitrogen functional groups attached to an aromatic ring is 2. The standard InChI is InChI=1S/C14H12N2S2/c15-10-6-5-9(11-3-1-7-17-11)13(14(10)16)12-4-2-8-18-12/h1-8H,15-16H2. The Bertz CT molecular complexity index is 655. The second-order valence-corrected chi connectivity index (χ2v) is 5.84. The van der Waals surface area contributed by atoms with Crippen molar-refractivity contribution in [2.45, 2.75) is 0 Å². The first-order valence-corrected chi connectivity index (χ1v) is 7.29. The summed E-state index contributed by atoms with van der Waals surface area (Å²) in [5, 5.41) is 4.12. The molecule has 2 nitrogen and oxygen atoms in total. The van der Waals surface area contributed by atoms with E-state index in [2.05, 4.69) is 22.9 Å². The fourth-order valence-corrected chi connectivity index (χ4v) is 3.52. The lowest BCUT2D eigenvalue weighted by atomic mass is 10.0. The highest BCUT2D eigenvalue weighted by Crippen LogP contribution is 2.42. The molecule has 0 atom stereocenters. The normalized spacial score (nSPS) is 10.7. The fraction of sp³-hybridized carbons (Fsp3) is 0. The Morgan fingerprint density at radius 2 is 1.44 bits per heavy atom. The number of rotatable bonds is 2. The summed E-state index contributed by atoms with van der Waals surface area (Å²) < 4.78 is 0. The molecule has 0 bridgehead atoms. The van der Waals surface area contributed by atoms with Crippen LogP contribution in [0.4, 0.5) is 11.4 Å². The van der Waals surface area contributed by atoms with Crippen LogP contribution in [0, 0.1) is 0 Å². The molecule has 0 radical (unpaired) electrons. The van der Waals surface area contributed by atoms with E-state index in [1.54, 1.807) is 22.7 Å². The predicted molar refractivity (Wildman–Crippen MR) is 81.9 cm³/mol. The van der Waals surface area contributed by atoms with Crippen molar-refractivity contribution in [3.8, 4) is 20.9 Å². The zero-order chi connectivity index (χ0) is 12.5. The fourth-order valence-electron chi connectivity index (χ4n) is 1.96. The molecule has 0 spiro atoms. The Morgan fingerprint density at radius 1 is 0.778 bits per heavy atom. The maximum atomic E-state index is 6.17. The van der Waals surface area contributed by atoms with Crippen LogP contribution >= 0.6 is 22.7 Å². The van der Waals surface area contributed by atoms with Gasteiger partial charge in [-0.05, 0) is 29.0 Å². The maximum Gasteiger partial charge on any atom is 0.0642 e. The van der Waals surface area contributed by atoms with E-state index in [1.165, 1.54) is 4.88 Å². The Labute approximate surface area is 114 Å². The SMILES string of the molecule is Nc1ccc(-c2cccs2)c(-c2cccs2)c1N. The zero-order valence-electron chi connectivity index (χ0n) is 9.59.